The molecule has 142 valence electrons. The second-order valence-corrected chi connectivity index (χ2v) is 6.07. The SMILES string of the molecule is OC1(CC(F)(F)C(F)(F)C(F)(F)C(F)(F)F)CCCc2ccccc21. The summed E-state index contributed by atoms with van der Waals surface area (Å²) < 4.78 is 117. The van der Waals surface area contributed by atoms with Gasteiger partial charge in [-0.2, -0.15) is 39.5 Å². The molecule has 0 aliphatic heterocycles. The fraction of sp³-hybridized carbons (Fsp3) is 0.600. The van der Waals surface area contributed by atoms with E-state index in [4.69, 9.17) is 0 Å². The Bertz CT molecular complexity index is 638. The minimum absolute atomic E-state index is 0.0881. The summed E-state index contributed by atoms with van der Waals surface area (Å²) >= 11 is 0. The second kappa shape index (κ2) is 5.78. The number of hydrogen-bond acceptors (Lipinski definition) is 1. The van der Waals surface area contributed by atoms with Gasteiger partial charge >= 0.3 is 23.9 Å². The van der Waals surface area contributed by atoms with Crippen LogP contribution in [0, 0.1) is 0 Å². The van der Waals surface area contributed by atoms with Crippen LogP contribution >= 0.6 is 0 Å². The highest BCUT2D eigenvalue weighted by atomic mass is 19.4. The lowest BCUT2D eigenvalue weighted by Gasteiger charge is -2.40. The number of halogens is 9. The summed E-state index contributed by atoms with van der Waals surface area (Å²) in [5.41, 5.74) is -2.46. The molecule has 0 fully saturated rings. The van der Waals surface area contributed by atoms with Gasteiger partial charge in [-0.05, 0) is 30.4 Å². The van der Waals surface area contributed by atoms with E-state index in [1.54, 1.807) is 0 Å². The molecule has 0 heterocycles. The molecule has 0 spiro atoms. The van der Waals surface area contributed by atoms with Gasteiger partial charge < -0.3 is 5.11 Å². The molecule has 1 aromatic carbocycles. The van der Waals surface area contributed by atoms with Gasteiger partial charge in [0.15, 0.2) is 0 Å². The van der Waals surface area contributed by atoms with E-state index in [0.717, 1.165) is 6.07 Å². The van der Waals surface area contributed by atoms with Gasteiger partial charge in [0.05, 0.1) is 12.0 Å². The standard InChI is InChI=1S/C15H13F9O/c16-12(17,13(18,19)14(20,21)15(22,23)24)8-11(25)7-3-5-9-4-1-2-6-10(9)11/h1-2,4,6,25H,3,5,7-8H2. The Morgan fingerprint density at radius 2 is 1.44 bits per heavy atom. The lowest BCUT2D eigenvalue weighted by atomic mass is 9.75. The van der Waals surface area contributed by atoms with Crippen molar-refractivity contribution >= 4 is 0 Å². The van der Waals surface area contributed by atoms with Crippen molar-refractivity contribution in [3.8, 4) is 0 Å². The number of rotatable bonds is 4. The van der Waals surface area contributed by atoms with E-state index < -0.39 is 42.4 Å². The van der Waals surface area contributed by atoms with Gasteiger partial charge in [0.1, 0.15) is 0 Å². The topological polar surface area (TPSA) is 20.2 Å². The van der Waals surface area contributed by atoms with Gasteiger partial charge in [0.2, 0.25) is 0 Å². The molecule has 1 aliphatic carbocycles. The average Bonchev–Trinajstić information content (AvgIpc) is 2.45. The number of fused-ring (bicyclic) bond motifs is 1. The molecule has 1 unspecified atom stereocenters. The summed E-state index contributed by atoms with van der Waals surface area (Å²) in [7, 11) is 0. The zero-order valence-electron chi connectivity index (χ0n) is 12.5. The number of benzene rings is 1. The maximum Gasteiger partial charge on any atom is 0.460 e. The van der Waals surface area contributed by atoms with Gasteiger partial charge in [-0.3, -0.25) is 0 Å². The highest BCUT2D eigenvalue weighted by Crippen LogP contribution is 2.56. The number of hydrogen-bond donors (Lipinski definition) is 1. The van der Waals surface area contributed by atoms with E-state index >= 15 is 0 Å². The van der Waals surface area contributed by atoms with Crippen molar-refractivity contribution in [1.29, 1.82) is 0 Å². The van der Waals surface area contributed by atoms with Crippen LogP contribution in [0.15, 0.2) is 24.3 Å². The van der Waals surface area contributed by atoms with Crippen LogP contribution in [0.3, 0.4) is 0 Å². The van der Waals surface area contributed by atoms with Crippen LogP contribution in [0.4, 0.5) is 39.5 Å². The lowest BCUT2D eigenvalue weighted by Crippen LogP contribution is -2.62. The van der Waals surface area contributed by atoms with Crippen molar-refractivity contribution in [2.75, 3.05) is 0 Å². The zero-order chi connectivity index (χ0) is 19.3. The number of aliphatic hydroxyl groups is 1. The average molecular weight is 380 g/mol. The third kappa shape index (κ3) is 3.09. The van der Waals surface area contributed by atoms with E-state index in [2.05, 4.69) is 0 Å². The molecule has 0 saturated heterocycles. The number of aryl methyl sites for hydroxylation is 1. The van der Waals surface area contributed by atoms with E-state index in [9.17, 15) is 44.6 Å². The van der Waals surface area contributed by atoms with Crippen molar-refractivity contribution in [1.82, 2.24) is 0 Å². The molecule has 1 atom stereocenters. The fourth-order valence-corrected chi connectivity index (χ4v) is 2.97. The van der Waals surface area contributed by atoms with E-state index in [1.165, 1.54) is 18.2 Å². The second-order valence-electron chi connectivity index (χ2n) is 6.07. The van der Waals surface area contributed by atoms with Crippen LogP contribution in [0.1, 0.15) is 30.4 Å². The first-order valence-electron chi connectivity index (χ1n) is 7.17. The Morgan fingerprint density at radius 1 is 0.880 bits per heavy atom. The van der Waals surface area contributed by atoms with Crippen LogP contribution in [0.25, 0.3) is 0 Å². The quantitative estimate of drug-likeness (QED) is 0.724. The van der Waals surface area contributed by atoms with Gasteiger partial charge in [-0.15, -0.1) is 0 Å². The zero-order valence-corrected chi connectivity index (χ0v) is 12.5. The first kappa shape index (κ1) is 19.9. The first-order valence-corrected chi connectivity index (χ1v) is 7.17. The summed E-state index contributed by atoms with van der Waals surface area (Å²) in [6.07, 6.45) is -9.17. The molecule has 0 aromatic heterocycles. The smallest absolute Gasteiger partial charge is 0.385 e. The lowest BCUT2D eigenvalue weighted by molar-refractivity contribution is -0.400. The molecule has 0 radical (unpaired) electrons. The molecule has 1 nitrogen and oxygen atoms in total. The molecule has 1 aromatic rings. The van der Waals surface area contributed by atoms with Crippen LogP contribution in [0.2, 0.25) is 0 Å². The van der Waals surface area contributed by atoms with E-state index in [1.807, 2.05) is 0 Å². The molecule has 0 saturated carbocycles. The Morgan fingerprint density at radius 3 is 2.00 bits per heavy atom. The molecular formula is C15H13F9O. The Hall–Kier alpha value is -1.45. The van der Waals surface area contributed by atoms with Crippen molar-refractivity contribution < 1.29 is 44.6 Å². The minimum atomic E-state index is -6.95. The third-order valence-electron chi connectivity index (χ3n) is 4.28. The summed E-state index contributed by atoms with van der Waals surface area (Å²) in [4.78, 5) is 0. The van der Waals surface area contributed by atoms with E-state index in [0.29, 0.717) is 12.0 Å². The van der Waals surface area contributed by atoms with Crippen LogP contribution in [-0.2, 0) is 12.0 Å². The molecule has 0 amide bonds. The molecule has 0 bridgehead atoms. The monoisotopic (exact) mass is 380 g/mol. The molecule has 1 N–H and O–H groups in total. The molecule has 1 aliphatic rings. The Balaban J connectivity index is 2.42. The van der Waals surface area contributed by atoms with Crippen LogP contribution in [-0.4, -0.2) is 29.1 Å². The minimum Gasteiger partial charge on any atom is -0.385 e. The van der Waals surface area contributed by atoms with Gasteiger partial charge in [-0.25, -0.2) is 0 Å². The largest absolute Gasteiger partial charge is 0.460 e. The predicted molar refractivity (Wildman–Crippen MR) is 68.8 cm³/mol. The third-order valence-corrected chi connectivity index (χ3v) is 4.28. The first-order chi connectivity index (χ1) is 11.2. The van der Waals surface area contributed by atoms with Gasteiger partial charge in [-0.1, -0.05) is 24.3 Å². The normalized spacial score (nSPS) is 22.6. The highest BCUT2D eigenvalue weighted by Gasteiger charge is 2.82. The fourth-order valence-electron chi connectivity index (χ4n) is 2.97. The molecular weight excluding hydrogens is 367 g/mol. The Kier molecular flexibility index (Phi) is 4.60. The maximum absolute atomic E-state index is 13.9. The van der Waals surface area contributed by atoms with Crippen molar-refractivity contribution in [3.63, 3.8) is 0 Å². The van der Waals surface area contributed by atoms with Crippen molar-refractivity contribution in [3.05, 3.63) is 35.4 Å². The summed E-state index contributed by atoms with van der Waals surface area (Å²) in [6, 6.07) is 5.40. The van der Waals surface area contributed by atoms with Crippen LogP contribution in [0.5, 0.6) is 0 Å². The Labute approximate surface area is 136 Å². The highest BCUT2D eigenvalue weighted by molar-refractivity contribution is 5.35. The molecule has 2 rings (SSSR count). The molecule has 10 heteroatoms. The number of alkyl halides is 9. The molecule has 25 heavy (non-hydrogen) atoms. The van der Waals surface area contributed by atoms with Crippen molar-refractivity contribution in [2.45, 2.75) is 55.2 Å². The summed E-state index contributed by atoms with van der Waals surface area (Å²) in [6.45, 7) is 0. The van der Waals surface area contributed by atoms with Gasteiger partial charge in [0, 0.05) is 0 Å². The summed E-state index contributed by atoms with van der Waals surface area (Å²) in [5.74, 6) is -19.5. The summed E-state index contributed by atoms with van der Waals surface area (Å²) in [5, 5.41) is 10.4. The van der Waals surface area contributed by atoms with Crippen LogP contribution < -0.4 is 0 Å². The van der Waals surface area contributed by atoms with Gasteiger partial charge in [0.25, 0.3) is 0 Å². The maximum atomic E-state index is 13.9. The van der Waals surface area contributed by atoms with Crippen molar-refractivity contribution in [2.24, 2.45) is 0 Å². The van der Waals surface area contributed by atoms with E-state index in [-0.39, 0.29) is 12.0 Å². The predicted octanol–water partition coefficient (Wildman–Crippen LogP) is 5.07.